The molecule has 1 aromatic carbocycles. The van der Waals surface area contributed by atoms with E-state index < -0.39 is 48.4 Å². The van der Waals surface area contributed by atoms with Crippen LogP contribution in [0.1, 0.15) is 70.0 Å². The van der Waals surface area contributed by atoms with Gasteiger partial charge in [0.25, 0.3) is 0 Å². The van der Waals surface area contributed by atoms with Crippen LogP contribution in [0.4, 0.5) is 4.39 Å². The second-order valence-electron chi connectivity index (χ2n) is 10.1. The summed E-state index contributed by atoms with van der Waals surface area (Å²) in [7, 11) is 0. The molecule has 2 heterocycles. The van der Waals surface area contributed by atoms with E-state index in [4.69, 9.17) is 23.7 Å². The summed E-state index contributed by atoms with van der Waals surface area (Å²) in [4.78, 5) is 35.5. The number of halogens is 1. The Hall–Kier alpha value is -3.47. The van der Waals surface area contributed by atoms with Crippen molar-refractivity contribution in [1.82, 2.24) is 9.78 Å². The highest BCUT2D eigenvalue weighted by molar-refractivity contribution is 5.67. The number of hydrogen-bond donors (Lipinski definition) is 0. The van der Waals surface area contributed by atoms with Crippen molar-refractivity contribution in [3.63, 3.8) is 0 Å². The molecule has 11 heteroatoms. The minimum atomic E-state index is -1.25. The lowest BCUT2D eigenvalue weighted by molar-refractivity contribution is -0.272. The maximum Gasteiger partial charge on any atom is 0.303 e. The van der Waals surface area contributed by atoms with Crippen LogP contribution in [0.15, 0.2) is 18.2 Å². The molecule has 0 amide bonds. The van der Waals surface area contributed by atoms with Crippen LogP contribution in [0.25, 0.3) is 0 Å². The fraction of sp³-hybridized carbons (Fsp3) is 0.571. The molecule has 1 fully saturated rings. The van der Waals surface area contributed by atoms with E-state index in [1.54, 1.807) is 24.6 Å². The van der Waals surface area contributed by atoms with E-state index in [0.29, 0.717) is 17.5 Å². The molecule has 39 heavy (non-hydrogen) atoms. The van der Waals surface area contributed by atoms with Crippen LogP contribution < -0.4 is 4.74 Å². The van der Waals surface area contributed by atoms with Crippen LogP contribution in [-0.2, 0) is 39.8 Å². The van der Waals surface area contributed by atoms with Gasteiger partial charge in [-0.25, -0.2) is 4.39 Å². The van der Waals surface area contributed by atoms with Crippen molar-refractivity contribution in [2.75, 3.05) is 6.61 Å². The van der Waals surface area contributed by atoms with Gasteiger partial charge in [0.05, 0.1) is 0 Å². The number of nitrogens with zero attached hydrogens (tertiary/aromatic N) is 2. The first kappa shape index (κ1) is 30.1. The highest BCUT2D eigenvalue weighted by atomic mass is 19.1. The van der Waals surface area contributed by atoms with E-state index in [1.165, 1.54) is 26.8 Å². The van der Waals surface area contributed by atoms with Gasteiger partial charge in [0.1, 0.15) is 24.6 Å². The van der Waals surface area contributed by atoms with Crippen LogP contribution in [0.2, 0.25) is 0 Å². The monoisotopic (exact) mass is 548 g/mol. The van der Waals surface area contributed by atoms with E-state index in [2.05, 4.69) is 5.10 Å². The zero-order chi connectivity index (χ0) is 29.0. The molecule has 0 spiro atoms. The van der Waals surface area contributed by atoms with E-state index in [0.717, 1.165) is 11.3 Å². The number of rotatable bonds is 9. The van der Waals surface area contributed by atoms with Crippen LogP contribution >= 0.6 is 0 Å². The molecule has 0 radical (unpaired) electrons. The summed E-state index contributed by atoms with van der Waals surface area (Å²) in [5.74, 6) is -2.35. The molecule has 3 rings (SSSR count). The first-order valence-electron chi connectivity index (χ1n) is 12.9. The third-order valence-corrected chi connectivity index (χ3v) is 6.63. The van der Waals surface area contributed by atoms with E-state index in [-0.39, 0.29) is 24.3 Å². The number of aromatic nitrogens is 2. The summed E-state index contributed by atoms with van der Waals surface area (Å²) >= 11 is 0. The van der Waals surface area contributed by atoms with Gasteiger partial charge in [-0.15, -0.1) is 5.10 Å². The zero-order valence-electron chi connectivity index (χ0n) is 23.6. The SMILES string of the molecule is CC(=O)OC[C@H]1O[C@@H](Oc2nn(C(C)C)c(C)c2Cc2ccc(C)c(F)c2)[C@H](OC(C)=O)[C@@H](OC(C)=O)[C@@H]1C. The lowest BCUT2D eigenvalue weighted by atomic mass is 9.90. The van der Waals surface area contributed by atoms with Crippen molar-refractivity contribution < 1.29 is 42.5 Å². The van der Waals surface area contributed by atoms with Crippen LogP contribution in [0.3, 0.4) is 0 Å². The molecule has 0 N–H and O–H groups in total. The van der Waals surface area contributed by atoms with E-state index >= 15 is 0 Å². The van der Waals surface area contributed by atoms with Gasteiger partial charge in [-0.05, 0) is 44.9 Å². The van der Waals surface area contributed by atoms with Crippen molar-refractivity contribution in [1.29, 1.82) is 0 Å². The third-order valence-electron chi connectivity index (χ3n) is 6.63. The number of ether oxygens (including phenoxy) is 5. The van der Waals surface area contributed by atoms with Gasteiger partial charge in [0.15, 0.2) is 0 Å². The van der Waals surface area contributed by atoms with Gasteiger partial charge in [0.2, 0.25) is 18.3 Å². The quantitative estimate of drug-likeness (QED) is 0.339. The Morgan fingerprint density at radius 2 is 1.69 bits per heavy atom. The maximum atomic E-state index is 14.3. The van der Waals surface area contributed by atoms with E-state index in [9.17, 15) is 18.8 Å². The molecule has 5 atom stereocenters. The summed E-state index contributed by atoms with van der Waals surface area (Å²) in [6.45, 7) is 12.9. The molecule has 0 bridgehead atoms. The Morgan fingerprint density at radius 1 is 1.05 bits per heavy atom. The lowest BCUT2D eigenvalue weighted by Crippen LogP contribution is -2.59. The third kappa shape index (κ3) is 7.35. The molecule has 0 unspecified atom stereocenters. The second kappa shape index (κ2) is 12.6. The summed E-state index contributed by atoms with van der Waals surface area (Å²) < 4.78 is 44.8. The van der Waals surface area contributed by atoms with Crippen molar-refractivity contribution in [3.05, 3.63) is 46.4 Å². The molecule has 1 aromatic heterocycles. The average Bonchev–Trinajstić information content (AvgIpc) is 3.14. The molecule has 0 saturated carbocycles. The molecule has 1 aliphatic heterocycles. The number of carbonyl (C=O) groups is 3. The first-order valence-corrected chi connectivity index (χ1v) is 12.9. The molecule has 2 aromatic rings. The van der Waals surface area contributed by atoms with Gasteiger partial charge in [0, 0.05) is 50.4 Å². The highest BCUT2D eigenvalue weighted by Crippen LogP contribution is 2.35. The Kier molecular flexibility index (Phi) is 9.71. The molecule has 1 aliphatic rings. The Morgan fingerprint density at radius 3 is 2.26 bits per heavy atom. The number of aryl methyl sites for hydroxylation is 1. The molecular weight excluding hydrogens is 511 g/mol. The topological polar surface area (TPSA) is 115 Å². The zero-order valence-corrected chi connectivity index (χ0v) is 23.6. The fourth-order valence-corrected chi connectivity index (χ4v) is 4.59. The van der Waals surface area contributed by atoms with E-state index in [1.807, 2.05) is 26.8 Å². The maximum absolute atomic E-state index is 14.3. The van der Waals surface area contributed by atoms with Gasteiger partial charge >= 0.3 is 17.9 Å². The molecule has 214 valence electrons. The minimum absolute atomic E-state index is 0.0158. The summed E-state index contributed by atoms with van der Waals surface area (Å²) in [6, 6.07) is 5.00. The summed E-state index contributed by atoms with van der Waals surface area (Å²) in [6.07, 6.45) is -3.76. The number of benzene rings is 1. The highest BCUT2D eigenvalue weighted by Gasteiger charge is 2.50. The van der Waals surface area contributed by atoms with Crippen molar-refractivity contribution in [3.8, 4) is 5.88 Å². The average molecular weight is 549 g/mol. The Balaban J connectivity index is 2.04. The Labute approximate surface area is 227 Å². The van der Waals surface area contributed by atoms with Gasteiger partial charge in [-0.3, -0.25) is 19.1 Å². The molecule has 1 saturated heterocycles. The molecular formula is C28H37FN2O8. The number of carbonyl (C=O) groups excluding carboxylic acids is 3. The Bertz CT molecular complexity index is 1210. The van der Waals surface area contributed by atoms with Crippen LogP contribution in [0.5, 0.6) is 5.88 Å². The standard InChI is InChI=1S/C28H37FN2O8/c1-14(2)31-17(5)22(11-21-10-9-15(3)23(29)12-21)27(30-31)39-28-26(37-20(8)34)25(36-19(7)33)16(4)24(38-28)13-35-18(6)32/h9-10,12,14,16,24-26,28H,11,13H2,1-8H3/t16-,24-,25+,26-,28+/m1/s1. The van der Waals surface area contributed by atoms with Crippen LogP contribution in [0, 0.1) is 25.6 Å². The second-order valence-corrected chi connectivity index (χ2v) is 10.1. The summed E-state index contributed by atoms with van der Waals surface area (Å²) in [5, 5.41) is 4.64. The predicted molar refractivity (Wildman–Crippen MR) is 137 cm³/mol. The smallest absolute Gasteiger partial charge is 0.303 e. The minimum Gasteiger partial charge on any atom is -0.463 e. The lowest BCUT2D eigenvalue weighted by Gasteiger charge is -2.43. The number of esters is 3. The van der Waals surface area contributed by atoms with Crippen LogP contribution in [-0.4, -0.2) is 58.9 Å². The molecule has 0 aliphatic carbocycles. The van der Waals surface area contributed by atoms with Crippen molar-refractivity contribution in [2.45, 2.75) is 92.5 Å². The fourth-order valence-electron chi connectivity index (χ4n) is 4.59. The normalized spacial score (nSPS) is 22.9. The van der Waals surface area contributed by atoms with Crippen molar-refractivity contribution in [2.24, 2.45) is 5.92 Å². The van der Waals surface area contributed by atoms with Gasteiger partial charge in [-0.1, -0.05) is 19.1 Å². The molecule has 10 nitrogen and oxygen atoms in total. The number of hydrogen-bond acceptors (Lipinski definition) is 9. The predicted octanol–water partition coefficient (Wildman–Crippen LogP) is 3.98. The summed E-state index contributed by atoms with van der Waals surface area (Å²) in [5.41, 5.74) is 2.75. The first-order chi connectivity index (χ1) is 18.3. The van der Waals surface area contributed by atoms with Crippen molar-refractivity contribution >= 4 is 17.9 Å². The largest absolute Gasteiger partial charge is 0.463 e. The van der Waals surface area contributed by atoms with Gasteiger partial charge in [-0.2, -0.15) is 0 Å². The van der Waals surface area contributed by atoms with Gasteiger partial charge < -0.3 is 23.7 Å².